The normalized spacial score (nSPS) is 26.0. The van der Waals surface area contributed by atoms with Crippen molar-refractivity contribution >= 4 is 5.78 Å². The SMILES string of the molecule is CCC(C)N1CCCC(=O)C1(C)C. The van der Waals surface area contributed by atoms with Crippen molar-refractivity contribution in [3.63, 3.8) is 0 Å². The van der Waals surface area contributed by atoms with Crippen LogP contribution in [0.15, 0.2) is 0 Å². The Balaban J connectivity index is 2.77. The highest BCUT2D eigenvalue weighted by Crippen LogP contribution is 2.27. The van der Waals surface area contributed by atoms with E-state index in [0.29, 0.717) is 11.8 Å². The Bertz CT molecular complexity index is 198. The second-order valence-electron chi connectivity index (χ2n) is 4.54. The first kappa shape index (κ1) is 10.7. The van der Waals surface area contributed by atoms with Crippen LogP contribution in [-0.4, -0.2) is 28.8 Å². The van der Waals surface area contributed by atoms with Crippen molar-refractivity contribution in [2.24, 2.45) is 0 Å². The Labute approximate surface area is 81.3 Å². The highest BCUT2D eigenvalue weighted by Gasteiger charge is 2.38. The van der Waals surface area contributed by atoms with E-state index in [9.17, 15) is 4.79 Å². The number of rotatable bonds is 2. The lowest BCUT2D eigenvalue weighted by Crippen LogP contribution is -2.56. The summed E-state index contributed by atoms with van der Waals surface area (Å²) >= 11 is 0. The van der Waals surface area contributed by atoms with E-state index in [1.807, 2.05) is 0 Å². The van der Waals surface area contributed by atoms with Crippen LogP contribution in [0.2, 0.25) is 0 Å². The van der Waals surface area contributed by atoms with Gasteiger partial charge in [0, 0.05) is 12.5 Å². The van der Waals surface area contributed by atoms with Crippen LogP contribution in [0.4, 0.5) is 0 Å². The standard InChI is InChI=1S/C11H21NO/c1-5-9(2)12-8-6-7-10(13)11(12,3)4/h9H,5-8H2,1-4H3. The predicted octanol–water partition coefficient (Wildman–Crippen LogP) is 2.23. The fourth-order valence-electron chi connectivity index (χ4n) is 2.15. The van der Waals surface area contributed by atoms with Crippen LogP contribution in [0.3, 0.4) is 0 Å². The fourth-order valence-corrected chi connectivity index (χ4v) is 2.15. The zero-order valence-electron chi connectivity index (χ0n) is 9.26. The molecular weight excluding hydrogens is 162 g/mol. The lowest BCUT2D eigenvalue weighted by molar-refractivity contribution is -0.134. The molecule has 0 aromatic carbocycles. The van der Waals surface area contributed by atoms with Gasteiger partial charge in [0.25, 0.3) is 0 Å². The smallest absolute Gasteiger partial charge is 0.152 e. The number of ketones is 1. The van der Waals surface area contributed by atoms with Gasteiger partial charge in [-0.3, -0.25) is 9.69 Å². The minimum absolute atomic E-state index is 0.228. The van der Waals surface area contributed by atoms with Crippen molar-refractivity contribution in [3.8, 4) is 0 Å². The van der Waals surface area contributed by atoms with E-state index in [1.165, 1.54) is 0 Å². The van der Waals surface area contributed by atoms with E-state index < -0.39 is 0 Å². The van der Waals surface area contributed by atoms with Crippen molar-refractivity contribution in [2.75, 3.05) is 6.54 Å². The highest BCUT2D eigenvalue weighted by molar-refractivity contribution is 5.88. The van der Waals surface area contributed by atoms with E-state index in [0.717, 1.165) is 25.8 Å². The topological polar surface area (TPSA) is 20.3 Å². The van der Waals surface area contributed by atoms with Gasteiger partial charge in [0.1, 0.15) is 0 Å². The van der Waals surface area contributed by atoms with Crippen LogP contribution in [-0.2, 0) is 4.79 Å². The lowest BCUT2D eigenvalue weighted by atomic mass is 9.87. The summed E-state index contributed by atoms with van der Waals surface area (Å²) in [5.74, 6) is 0.402. The van der Waals surface area contributed by atoms with Crippen molar-refractivity contribution in [3.05, 3.63) is 0 Å². The summed E-state index contributed by atoms with van der Waals surface area (Å²) in [6.07, 6.45) is 2.92. The molecule has 0 saturated carbocycles. The van der Waals surface area contributed by atoms with Gasteiger partial charge in [0.05, 0.1) is 5.54 Å². The molecule has 1 atom stereocenters. The van der Waals surface area contributed by atoms with Crippen molar-refractivity contribution in [2.45, 2.75) is 58.5 Å². The van der Waals surface area contributed by atoms with Gasteiger partial charge in [-0.2, -0.15) is 0 Å². The zero-order chi connectivity index (χ0) is 10.1. The largest absolute Gasteiger partial charge is 0.298 e. The Kier molecular flexibility index (Phi) is 3.12. The second-order valence-corrected chi connectivity index (χ2v) is 4.54. The van der Waals surface area contributed by atoms with Gasteiger partial charge in [-0.25, -0.2) is 0 Å². The quantitative estimate of drug-likeness (QED) is 0.654. The summed E-state index contributed by atoms with van der Waals surface area (Å²) in [5.41, 5.74) is -0.228. The molecule has 0 aromatic rings. The molecule has 0 bridgehead atoms. The lowest BCUT2D eigenvalue weighted by Gasteiger charge is -2.44. The zero-order valence-corrected chi connectivity index (χ0v) is 9.26. The molecule has 1 heterocycles. The number of Topliss-reactive ketones (excluding diaryl/α,β-unsaturated/α-hetero) is 1. The molecule has 1 unspecified atom stereocenters. The van der Waals surface area contributed by atoms with E-state index in [1.54, 1.807) is 0 Å². The van der Waals surface area contributed by atoms with Gasteiger partial charge >= 0.3 is 0 Å². The van der Waals surface area contributed by atoms with Crippen LogP contribution in [0.1, 0.15) is 47.0 Å². The van der Waals surface area contributed by atoms with Crippen LogP contribution in [0.25, 0.3) is 0 Å². The third-order valence-electron chi connectivity index (χ3n) is 3.33. The molecule has 0 N–H and O–H groups in total. The molecule has 1 fully saturated rings. The number of carbonyl (C=O) groups excluding carboxylic acids is 1. The third-order valence-corrected chi connectivity index (χ3v) is 3.33. The number of nitrogens with zero attached hydrogens (tertiary/aromatic N) is 1. The van der Waals surface area contributed by atoms with Gasteiger partial charge in [-0.1, -0.05) is 6.92 Å². The first-order valence-electron chi connectivity index (χ1n) is 5.30. The molecule has 0 amide bonds. The van der Waals surface area contributed by atoms with Gasteiger partial charge in [-0.05, 0) is 40.2 Å². The number of carbonyl (C=O) groups is 1. The maximum absolute atomic E-state index is 11.7. The van der Waals surface area contributed by atoms with Gasteiger partial charge in [0.2, 0.25) is 0 Å². The molecule has 13 heavy (non-hydrogen) atoms. The summed E-state index contributed by atoms with van der Waals surface area (Å²) in [6.45, 7) is 9.58. The number of hydrogen-bond donors (Lipinski definition) is 0. The Morgan fingerprint density at radius 2 is 2.15 bits per heavy atom. The summed E-state index contributed by atoms with van der Waals surface area (Å²) in [5, 5.41) is 0. The van der Waals surface area contributed by atoms with Crippen LogP contribution in [0.5, 0.6) is 0 Å². The maximum Gasteiger partial charge on any atom is 0.152 e. The highest BCUT2D eigenvalue weighted by atomic mass is 16.1. The fraction of sp³-hybridized carbons (Fsp3) is 0.909. The molecule has 0 aromatic heterocycles. The monoisotopic (exact) mass is 183 g/mol. The average Bonchev–Trinajstić information content (AvgIpc) is 2.08. The summed E-state index contributed by atoms with van der Waals surface area (Å²) in [4.78, 5) is 14.1. The van der Waals surface area contributed by atoms with Gasteiger partial charge in [0.15, 0.2) is 5.78 Å². The first-order chi connectivity index (χ1) is 6.00. The predicted molar refractivity (Wildman–Crippen MR) is 54.8 cm³/mol. The summed E-state index contributed by atoms with van der Waals surface area (Å²) < 4.78 is 0. The van der Waals surface area contributed by atoms with Crippen LogP contribution in [0, 0.1) is 0 Å². The second kappa shape index (κ2) is 3.79. The Hall–Kier alpha value is -0.370. The van der Waals surface area contributed by atoms with Crippen molar-refractivity contribution in [1.29, 1.82) is 0 Å². The third kappa shape index (κ3) is 1.93. The molecule has 1 aliphatic heterocycles. The molecule has 0 aliphatic carbocycles. The molecule has 1 rings (SSSR count). The molecule has 1 aliphatic rings. The molecule has 2 nitrogen and oxygen atoms in total. The first-order valence-corrected chi connectivity index (χ1v) is 5.30. The molecule has 0 spiro atoms. The molecule has 0 radical (unpaired) electrons. The van der Waals surface area contributed by atoms with Crippen LogP contribution >= 0.6 is 0 Å². The van der Waals surface area contributed by atoms with E-state index in [2.05, 4.69) is 32.6 Å². The summed E-state index contributed by atoms with van der Waals surface area (Å²) in [6, 6.07) is 0.527. The van der Waals surface area contributed by atoms with E-state index >= 15 is 0 Å². The van der Waals surface area contributed by atoms with Crippen molar-refractivity contribution in [1.82, 2.24) is 4.90 Å². The van der Waals surface area contributed by atoms with Gasteiger partial charge in [-0.15, -0.1) is 0 Å². The number of likely N-dealkylation sites (tertiary alicyclic amines) is 1. The molecule has 1 saturated heterocycles. The van der Waals surface area contributed by atoms with Crippen molar-refractivity contribution < 1.29 is 4.79 Å². The Morgan fingerprint density at radius 1 is 1.54 bits per heavy atom. The average molecular weight is 183 g/mol. The van der Waals surface area contributed by atoms with Gasteiger partial charge < -0.3 is 0 Å². The maximum atomic E-state index is 11.7. The Morgan fingerprint density at radius 3 is 2.69 bits per heavy atom. The molecule has 2 heteroatoms. The number of piperidine rings is 1. The minimum atomic E-state index is -0.228. The summed E-state index contributed by atoms with van der Waals surface area (Å²) in [7, 11) is 0. The molecule has 76 valence electrons. The number of hydrogen-bond acceptors (Lipinski definition) is 2. The van der Waals surface area contributed by atoms with E-state index in [4.69, 9.17) is 0 Å². The van der Waals surface area contributed by atoms with Crippen LogP contribution < -0.4 is 0 Å². The minimum Gasteiger partial charge on any atom is -0.298 e. The van der Waals surface area contributed by atoms with E-state index in [-0.39, 0.29) is 5.54 Å². The molecular formula is C11H21NO.